The van der Waals surface area contributed by atoms with Gasteiger partial charge in [-0.25, -0.2) is 0 Å². The van der Waals surface area contributed by atoms with Gasteiger partial charge < -0.3 is 10.2 Å². The molecule has 6 rings (SSSR count). The summed E-state index contributed by atoms with van der Waals surface area (Å²) < 4.78 is 0. The second-order valence-corrected chi connectivity index (χ2v) is 8.99. The summed E-state index contributed by atoms with van der Waals surface area (Å²) in [4.78, 5) is 2.44. The monoisotopic (exact) mass is 428 g/mol. The van der Waals surface area contributed by atoms with Gasteiger partial charge in [-0.15, -0.1) is 10.2 Å². The number of hydrogen-bond donors (Lipinski definition) is 3. The molecule has 0 saturated carbocycles. The maximum Gasteiger partial charge on any atom is 0.151 e. The number of piperidine rings is 2. The van der Waals surface area contributed by atoms with Crippen LogP contribution in [0.5, 0.6) is 0 Å². The van der Waals surface area contributed by atoms with Crippen LogP contribution in [-0.4, -0.2) is 55.3 Å². The van der Waals surface area contributed by atoms with Crippen LogP contribution in [0.25, 0.3) is 33.3 Å². The van der Waals surface area contributed by atoms with Crippen molar-refractivity contribution in [2.24, 2.45) is 0 Å². The van der Waals surface area contributed by atoms with Crippen molar-refractivity contribution in [1.82, 2.24) is 35.9 Å². The molecule has 8 nitrogen and oxygen atoms in total. The highest BCUT2D eigenvalue weighted by atomic mass is 15.3. The molecule has 2 aliphatic rings. The smallest absolute Gasteiger partial charge is 0.151 e. The molecule has 3 N–H and O–H groups in total. The number of anilines is 1. The highest BCUT2D eigenvalue weighted by Crippen LogP contribution is 2.34. The molecule has 3 atom stereocenters. The summed E-state index contributed by atoms with van der Waals surface area (Å²) in [6.07, 6.45) is 11.9. The number of nitrogens with zero attached hydrogens (tertiary/aromatic N) is 5. The highest BCUT2D eigenvalue weighted by Gasteiger charge is 2.34. The molecule has 2 saturated heterocycles. The normalized spacial score (nSPS) is 22.8. The van der Waals surface area contributed by atoms with Gasteiger partial charge in [0.05, 0.1) is 23.6 Å². The van der Waals surface area contributed by atoms with Crippen molar-refractivity contribution >= 4 is 16.7 Å². The number of aromatic nitrogens is 6. The average molecular weight is 429 g/mol. The standard InChI is InChI=1S/C24H28N8/c1-2-32(18-10-16-4-3-5-17(11-18)28-16)23-9-8-22(29-30-23)20-7-6-19(15-12-25-26-13-15)21-14-27-31-24(20)21/h6-9,12-14,16-18,28H,2-5,10-11H2,1H3,(H,25,26)(H,27,31)/t16-,17+,18?. The molecule has 164 valence electrons. The van der Waals surface area contributed by atoms with Gasteiger partial charge in [0.2, 0.25) is 0 Å². The first kappa shape index (κ1) is 19.4. The summed E-state index contributed by atoms with van der Waals surface area (Å²) in [5.41, 5.74) is 4.94. The van der Waals surface area contributed by atoms with Crippen molar-refractivity contribution < 1.29 is 0 Å². The van der Waals surface area contributed by atoms with E-state index in [4.69, 9.17) is 0 Å². The molecule has 1 unspecified atom stereocenters. The molecule has 0 amide bonds. The third kappa shape index (κ3) is 3.35. The van der Waals surface area contributed by atoms with Gasteiger partial charge in [0.15, 0.2) is 5.82 Å². The van der Waals surface area contributed by atoms with E-state index in [1.165, 1.54) is 32.1 Å². The first-order valence-electron chi connectivity index (χ1n) is 11.6. The predicted octanol–water partition coefficient (Wildman–Crippen LogP) is 3.91. The van der Waals surface area contributed by atoms with Gasteiger partial charge >= 0.3 is 0 Å². The molecular weight excluding hydrogens is 400 g/mol. The summed E-state index contributed by atoms with van der Waals surface area (Å²) in [6.45, 7) is 3.17. The van der Waals surface area contributed by atoms with Crippen LogP contribution >= 0.6 is 0 Å². The lowest BCUT2D eigenvalue weighted by Crippen LogP contribution is -2.55. The number of aromatic amines is 2. The molecule has 0 radical (unpaired) electrons. The van der Waals surface area contributed by atoms with E-state index in [0.717, 1.165) is 45.6 Å². The molecule has 3 aromatic heterocycles. The number of hydrogen-bond acceptors (Lipinski definition) is 6. The molecule has 0 spiro atoms. The lowest BCUT2D eigenvalue weighted by molar-refractivity contribution is 0.216. The van der Waals surface area contributed by atoms with Gasteiger partial charge in [-0.05, 0) is 56.4 Å². The van der Waals surface area contributed by atoms with Crippen molar-refractivity contribution in [1.29, 1.82) is 0 Å². The molecular formula is C24H28N8. The Morgan fingerprint density at radius 1 is 0.969 bits per heavy atom. The molecule has 8 heteroatoms. The number of benzene rings is 1. The second kappa shape index (κ2) is 8.02. The Balaban J connectivity index is 1.30. The first-order chi connectivity index (χ1) is 15.8. The van der Waals surface area contributed by atoms with Gasteiger partial charge in [0, 0.05) is 47.4 Å². The maximum atomic E-state index is 4.67. The molecule has 1 aromatic carbocycles. The summed E-state index contributed by atoms with van der Waals surface area (Å²) in [5, 5.41) is 28.5. The Morgan fingerprint density at radius 3 is 2.53 bits per heavy atom. The van der Waals surface area contributed by atoms with Crippen LogP contribution in [0.3, 0.4) is 0 Å². The Labute approximate surface area is 186 Å². The molecule has 2 fully saturated rings. The van der Waals surface area contributed by atoms with Crippen LogP contribution in [0, 0.1) is 0 Å². The van der Waals surface area contributed by atoms with E-state index in [1.807, 2.05) is 18.6 Å². The van der Waals surface area contributed by atoms with Crippen molar-refractivity contribution in [3.63, 3.8) is 0 Å². The molecule has 0 aliphatic carbocycles. The van der Waals surface area contributed by atoms with Gasteiger partial charge in [0.1, 0.15) is 0 Å². The predicted molar refractivity (Wildman–Crippen MR) is 125 cm³/mol. The lowest BCUT2D eigenvalue weighted by Gasteiger charge is -2.44. The van der Waals surface area contributed by atoms with Crippen LogP contribution in [0.2, 0.25) is 0 Å². The van der Waals surface area contributed by atoms with Crippen LogP contribution in [0.4, 0.5) is 5.82 Å². The Kier molecular flexibility index (Phi) is 4.87. The van der Waals surface area contributed by atoms with Crippen LogP contribution in [-0.2, 0) is 0 Å². The Bertz CT molecular complexity index is 1180. The third-order valence-corrected chi connectivity index (χ3v) is 7.12. The number of H-pyrrole nitrogens is 2. The van der Waals surface area contributed by atoms with E-state index in [-0.39, 0.29) is 0 Å². The molecule has 5 heterocycles. The summed E-state index contributed by atoms with van der Waals surface area (Å²) in [5.74, 6) is 0.970. The summed E-state index contributed by atoms with van der Waals surface area (Å²) in [6, 6.07) is 10.2. The zero-order valence-corrected chi connectivity index (χ0v) is 18.3. The maximum absolute atomic E-state index is 4.67. The third-order valence-electron chi connectivity index (χ3n) is 7.12. The summed E-state index contributed by atoms with van der Waals surface area (Å²) >= 11 is 0. The Hall–Kier alpha value is -3.26. The van der Waals surface area contributed by atoms with Crippen molar-refractivity contribution in [2.75, 3.05) is 11.4 Å². The van der Waals surface area contributed by atoms with Crippen molar-refractivity contribution in [3.05, 3.63) is 42.9 Å². The fourth-order valence-electron chi connectivity index (χ4n) is 5.62. The number of fused-ring (bicyclic) bond motifs is 3. The SMILES string of the molecule is CCN(c1ccc(-c2ccc(-c3cn[nH]c3)c3cn[nH]c23)nn1)C1C[C@H]2CCC[C@@H](C1)N2. The molecule has 4 aromatic rings. The zero-order valence-electron chi connectivity index (χ0n) is 18.3. The van der Waals surface area contributed by atoms with E-state index in [1.54, 1.807) is 0 Å². The van der Waals surface area contributed by atoms with Crippen LogP contribution in [0.15, 0.2) is 42.9 Å². The zero-order chi connectivity index (χ0) is 21.5. The minimum absolute atomic E-state index is 0.533. The van der Waals surface area contributed by atoms with Crippen LogP contribution < -0.4 is 10.2 Å². The van der Waals surface area contributed by atoms with Gasteiger partial charge in [0.25, 0.3) is 0 Å². The second-order valence-electron chi connectivity index (χ2n) is 8.99. The molecule has 32 heavy (non-hydrogen) atoms. The van der Waals surface area contributed by atoms with E-state index in [0.29, 0.717) is 18.1 Å². The highest BCUT2D eigenvalue weighted by molar-refractivity contribution is 6.01. The Morgan fingerprint density at radius 2 is 1.81 bits per heavy atom. The van der Waals surface area contributed by atoms with E-state index in [9.17, 15) is 0 Å². The fraction of sp³-hybridized carbons (Fsp3) is 0.417. The number of rotatable bonds is 5. The number of nitrogens with one attached hydrogen (secondary N) is 3. The fourth-order valence-corrected chi connectivity index (χ4v) is 5.62. The van der Waals surface area contributed by atoms with E-state index in [2.05, 4.69) is 72.0 Å². The largest absolute Gasteiger partial charge is 0.352 e. The molecule has 2 aliphatic heterocycles. The lowest BCUT2D eigenvalue weighted by atomic mass is 9.83. The van der Waals surface area contributed by atoms with Crippen LogP contribution in [0.1, 0.15) is 39.0 Å². The van der Waals surface area contributed by atoms with E-state index >= 15 is 0 Å². The van der Waals surface area contributed by atoms with Gasteiger partial charge in [-0.2, -0.15) is 10.2 Å². The van der Waals surface area contributed by atoms with Crippen molar-refractivity contribution in [2.45, 2.75) is 57.2 Å². The van der Waals surface area contributed by atoms with Gasteiger partial charge in [-0.1, -0.05) is 12.5 Å². The summed E-state index contributed by atoms with van der Waals surface area (Å²) in [7, 11) is 0. The van der Waals surface area contributed by atoms with Gasteiger partial charge in [-0.3, -0.25) is 10.2 Å². The minimum Gasteiger partial charge on any atom is -0.352 e. The quantitative estimate of drug-likeness (QED) is 0.446. The van der Waals surface area contributed by atoms with Crippen molar-refractivity contribution in [3.8, 4) is 22.4 Å². The van der Waals surface area contributed by atoms with E-state index < -0.39 is 0 Å². The first-order valence-corrected chi connectivity index (χ1v) is 11.6. The topological polar surface area (TPSA) is 98.4 Å². The minimum atomic E-state index is 0.533. The average Bonchev–Trinajstić information content (AvgIpc) is 3.52. The molecule has 2 bridgehead atoms.